The van der Waals surface area contributed by atoms with Gasteiger partial charge in [-0.2, -0.15) is 0 Å². The minimum Gasteiger partial charge on any atom is -0.309 e. The molecule has 1 heteroatoms. The molecule has 0 saturated heterocycles. The summed E-state index contributed by atoms with van der Waals surface area (Å²) in [6, 6.07) is 0. The highest BCUT2D eigenvalue weighted by Gasteiger charge is 2.00. The Bertz CT molecular complexity index is 125. The van der Waals surface area contributed by atoms with E-state index in [1.165, 1.54) is 6.42 Å². The Morgan fingerprint density at radius 2 is 2.09 bits per heavy atom. The van der Waals surface area contributed by atoms with E-state index < -0.39 is 0 Å². The average molecular weight is 153 g/mol. The van der Waals surface area contributed by atoms with E-state index in [2.05, 4.69) is 20.4 Å². The van der Waals surface area contributed by atoms with Crippen molar-refractivity contribution in [3.63, 3.8) is 0 Å². The number of hydrogen-bond donors (Lipinski definition) is 1. The lowest BCUT2D eigenvalue weighted by molar-refractivity contribution is 0.742. The molecule has 0 atom stereocenters. The first kappa shape index (κ1) is 10.4. The van der Waals surface area contributed by atoms with E-state index in [4.69, 9.17) is 5.41 Å². The van der Waals surface area contributed by atoms with Crippen LogP contribution in [0.4, 0.5) is 0 Å². The summed E-state index contributed by atoms with van der Waals surface area (Å²) in [5, 5.41) is 7.55. The molecular weight excluding hydrogens is 134 g/mol. The molecule has 0 aliphatic carbocycles. The standard InChI is InChI=1S/C10H19N/c1-4-5-6-7-8-10(11)9(2)3/h4,9,11H,1,5-8H2,2-3H3. The first-order valence-electron chi connectivity index (χ1n) is 4.36. The van der Waals surface area contributed by atoms with Crippen molar-refractivity contribution in [3.05, 3.63) is 12.7 Å². The monoisotopic (exact) mass is 153 g/mol. The molecule has 0 heterocycles. The molecule has 0 radical (unpaired) electrons. The molecule has 0 unspecified atom stereocenters. The van der Waals surface area contributed by atoms with Crippen molar-refractivity contribution in [2.24, 2.45) is 5.92 Å². The maximum atomic E-state index is 7.55. The molecule has 0 amide bonds. The van der Waals surface area contributed by atoms with Gasteiger partial charge in [-0.15, -0.1) is 6.58 Å². The minimum atomic E-state index is 0.429. The van der Waals surface area contributed by atoms with Crippen molar-refractivity contribution in [2.45, 2.75) is 39.5 Å². The van der Waals surface area contributed by atoms with E-state index in [-0.39, 0.29) is 0 Å². The van der Waals surface area contributed by atoms with Crippen LogP contribution in [-0.4, -0.2) is 5.71 Å². The molecule has 0 aromatic rings. The Morgan fingerprint density at radius 1 is 1.45 bits per heavy atom. The summed E-state index contributed by atoms with van der Waals surface area (Å²) in [5.74, 6) is 0.429. The Morgan fingerprint density at radius 3 is 2.55 bits per heavy atom. The summed E-state index contributed by atoms with van der Waals surface area (Å²) in [7, 11) is 0. The second-order valence-electron chi connectivity index (χ2n) is 3.21. The Hall–Kier alpha value is -0.590. The molecule has 0 rings (SSSR count). The van der Waals surface area contributed by atoms with Crippen molar-refractivity contribution in [2.75, 3.05) is 0 Å². The fourth-order valence-corrected chi connectivity index (χ4v) is 0.893. The van der Waals surface area contributed by atoms with Crippen LogP contribution in [0.2, 0.25) is 0 Å². The first-order valence-corrected chi connectivity index (χ1v) is 4.36. The van der Waals surface area contributed by atoms with Gasteiger partial charge in [-0.05, 0) is 31.6 Å². The summed E-state index contributed by atoms with van der Waals surface area (Å²) >= 11 is 0. The molecule has 0 bridgehead atoms. The lowest BCUT2D eigenvalue weighted by Gasteiger charge is -2.05. The molecule has 0 spiro atoms. The second-order valence-corrected chi connectivity index (χ2v) is 3.21. The molecule has 1 nitrogen and oxygen atoms in total. The molecule has 1 N–H and O–H groups in total. The van der Waals surface area contributed by atoms with Gasteiger partial charge in [0.2, 0.25) is 0 Å². The molecule has 0 aliphatic heterocycles. The van der Waals surface area contributed by atoms with Gasteiger partial charge in [0.05, 0.1) is 0 Å². The molecule has 0 aromatic carbocycles. The molecule has 11 heavy (non-hydrogen) atoms. The SMILES string of the molecule is C=CCCCCC(=N)C(C)C. The van der Waals surface area contributed by atoms with Crippen molar-refractivity contribution in [1.82, 2.24) is 0 Å². The largest absolute Gasteiger partial charge is 0.309 e. The van der Waals surface area contributed by atoms with E-state index >= 15 is 0 Å². The third kappa shape index (κ3) is 5.84. The van der Waals surface area contributed by atoms with E-state index in [1.54, 1.807) is 0 Å². The summed E-state index contributed by atoms with van der Waals surface area (Å²) < 4.78 is 0. The van der Waals surface area contributed by atoms with Crippen LogP contribution in [0.5, 0.6) is 0 Å². The fourth-order valence-electron chi connectivity index (χ4n) is 0.893. The lowest BCUT2D eigenvalue weighted by Crippen LogP contribution is -2.04. The third-order valence-corrected chi connectivity index (χ3v) is 1.80. The van der Waals surface area contributed by atoms with Crippen molar-refractivity contribution < 1.29 is 0 Å². The van der Waals surface area contributed by atoms with Crippen LogP contribution in [0.15, 0.2) is 12.7 Å². The van der Waals surface area contributed by atoms with Crippen molar-refractivity contribution >= 4 is 5.71 Å². The third-order valence-electron chi connectivity index (χ3n) is 1.80. The van der Waals surface area contributed by atoms with Crippen LogP contribution in [0.25, 0.3) is 0 Å². The zero-order valence-electron chi connectivity index (χ0n) is 7.69. The predicted octanol–water partition coefficient (Wildman–Crippen LogP) is 3.41. The number of nitrogens with one attached hydrogen (secondary N) is 1. The van der Waals surface area contributed by atoms with Gasteiger partial charge in [0.1, 0.15) is 0 Å². The number of allylic oxidation sites excluding steroid dienone is 1. The molecule has 64 valence electrons. The van der Waals surface area contributed by atoms with E-state index in [0.717, 1.165) is 25.0 Å². The lowest BCUT2D eigenvalue weighted by atomic mass is 10.0. The number of unbranched alkanes of at least 4 members (excludes halogenated alkanes) is 2. The van der Waals surface area contributed by atoms with Gasteiger partial charge in [0, 0.05) is 5.71 Å². The van der Waals surface area contributed by atoms with Crippen molar-refractivity contribution in [3.8, 4) is 0 Å². The van der Waals surface area contributed by atoms with Gasteiger partial charge in [0.25, 0.3) is 0 Å². The highest BCUT2D eigenvalue weighted by molar-refractivity contribution is 5.82. The van der Waals surface area contributed by atoms with Crippen LogP contribution in [0, 0.1) is 11.3 Å². The summed E-state index contributed by atoms with van der Waals surface area (Å²) in [5.41, 5.74) is 0.883. The van der Waals surface area contributed by atoms with Gasteiger partial charge in [-0.25, -0.2) is 0 Å². The van der Waals surface area contributed by atoms with Crippen LogP contribution in [-0.2, 0) is 0 Å². The van der Waals surface area contributed by atoms with Gasteiger partial charge < -0.3 is 5.41 Å². The highest BCUT2D eigenvalue weighted by atomic mass is 14.4. The Kier molecular flexibility index (Phi) is 5.81. The Labute approximate surface area is 70.0 Å². The molecule has 0 aliphatic rings. The van der Waals surface area contributed by atoms with Crippen LogP contribution >= 0.6 is 0 Å². The molecular formula is C10H19N. The van der Waals surface area contributed by atoms with Gasteiger partial charge >= 0.3 is 0 Å². The normalized spacial score (nSPS) is 10.1. The molecule has 0 saturated carbocycles. The van der Waals surface area contributed by atoms with E-state index in [1.807, 2.05) is 6.08 Å². The second kappa shape index (κ2) is 6.14. The number of rotatable bonds is 6. The van der Waals surface area contributed by atoms with Crippen LogP contribution in [0.1, 0.15) is 39.5 Å². The quantitative estimate of drug-likeness (QED) is 0.343. The highest BCUT2D eigenvalue weighted by Crippen LogP contribution is 2.06. The maximum absolute atomic E-state index is 7.55. The summed E-state index contributed by atoms with van der Waals surface area (Å²) in [6.07, 6.45) is 6.32. The molecule has 0 aromatic heterocycles. The number of hydrogen-bond acceptors (Lipinski definition) is 1. The minimum absolute atomic E-state index is 0.429. The smallest absolute Gasteiger partial charge is 0.0114 e. The van der Waals surface area contributed by atoms with Gasteiger partial charge in [0.15, 0.2) is 0 Å². The van der Waals surface area contributed by atoms with E-state index in [0.29, 0.717) is 5.92 Å². The fraction of sp³-hybridized carbons (Fsp3) is 0.700. The predicted molar refractivity (Wildman–Crippen MR) is 51.2 cm³/mol. The van der Waals surface area contributed by atoms with Gasteiger partial charge in [-0.1, -0.05) is 19.9 Å². The Balaban J connectivity index is 3.24. The maximum Gasteiger partial charge on any atom is 0.0114 e. The summed E-state index contributed by atoms with van der Waals surface area (Å²) in [4.78, 5) is 0. The van der Waals surface area contributed by atoms with Crippen LogP contribution < -0.4 is 0 Å². The van der Waals surface area contributed by atoms with E-state index in [9.17, 15) is 0 Å². The molecule has 0 fully saturated rings. The first-order chi connectivity index (χ1) is 5.18. The zero-order chi connectivity index (χ0) is 8.69. The van der Waals surface area contributed by atoms with Gasteiger partial charge in [-0.3, -0.25) is 0 Å². The van der Waals surface area contributed by atoms with Crippen molar-refractivity contribution in [1.29, 1.82) is 5.41 Å². The zero-order valence-corrected chi connectivity index (χ0v) is 7.69. The van der Waals surface area contributed by atoms with Crippen LogP contribution in [0.3, 0.4) is 0 Å². The topological polar surface area (TPSA) is 23.9 Å². The summed E-state index contributed by atoms with van der Waals surface area (Å²) in [6.45, 7) is 7.82. The average Bonchev–Trinajstić information content (AvgIpc) is 1.97.